The van der Waals surface area contributed by atoms with E-state index in [0.29, 0.717) is 17.9 Å². The standard InChI is InChI=1S/C20H26F2O2/c1-12(2)19(15-7-8-16(21)17(22)10-15)11-20(19,18(23)24)14-6-4-5-13(3)9-14/h7-8,10,12-14H,4-6,9,11H2,1-3H3,(H,23,24)/t13?,14?,19-,20-/m0/s1. The summed E-state index contributed by atoms with van der Waals surface area (Å²) in [5.74, 6) is -1.87. The molecular formula is C20H26F2O2. The number of aliphatic carboxylic acids is 1. The maximum Gasteiger partial charge on any atom is 0.310 e. The summed E-state index contributed by atoms with van der Waals surface area (Å²) < 4.78 is 27.2. The van der Waals surface area contributed by atoms with Gasteiger partial charge in [0.15, 0.2) is 11.6 Å². The number of halogens is 2. The van der Waals surface area contributed by atoms with Gasteiger partial charge in [0.1, 0.15) is 0 Å². The Morgan fingerprint density at radius 3 is 2.50 bits per heavy atom. The molecule has 3 rings (SSSR count). The predicted octanol–water partition coefficient (Wildman–Crippen LogP) is 5.16. The Labute approximate surface area is 142 Å². The first kappa shape index (κ1) is 17.4. The lowest BCUT2D eigenvalue weighted by Gasteiger charge is -2.37. The van der Waals surface area contributed by atoms with Crippen molar-refractivity contribution in [1.29, 1.82) is 0 Å². The summed E-state index contributed by atoms with van der Waals surface area (Å²) in [7, 11) is 0. The van der Waals surface area contributed by atoms with Crippen LogP contribution in [0.5, 0.6) is 0 Å². The van der Waals surface area contributed by atoms with Crippen molar-refractivity contribution in [2.75, 3.05) is 0 Å². The summed E-state index contributed by atoms with van der Waals surface area (Å²) in [5.41, 5.74) is -0.813. The molecule has 4 heteroatoms. The molecule has 1 aromatic rings. The van der Waals surface area contributed by atoms with Crippen molar-refractivity contribution in [3.05, 3.63) is 35.4 Å². The Morgan fingerprint density at radius 2 is 1.96 bits per heavy atom. The highest BCUT2D eigenvalue weighted by Crippen LogP contribution is 2.73. The highest BCUT2D eigenvalue weighted by molar-refractivity contribution is 5.83. The molecule has 2 unspecified atom stereocenters. The first-order valence-electron chi connectivity index (χ1n) is 8.94. The van der Waals surface area contributed by atoms with E-state index in [1.165, 1.54) is 6.07 Å². The van der Waals surface area contributed by atoms with Crippen LogP contribution in [0.2, 0.25) is 0 Å². The molecule has 1 aromatic carbocycles. The first-order chi connectivity index (χ1) is 11.3. The number of hydrogen-bond donors (Lipinski definition) is 1. The average molecular weight is 336 g/mol. The van der Waals surface area contributed by atoms with Crippen LogP contribution in [-0.2, 0) is 10.2 Å². The van der Waals surface area contributed by atoms with Crippen LogP contribution >= 0.6 is 0 Å². The van der Waals surface area contributed by atoms with E-state index in [4.69, 9.17) is 0 Å². The second-order valence-corrected chi connectivity index (χ2v) is 8.18. The Hall–Kier alpha value is -1.45. The van der Waals surface area contributed by atoms with E-state index in [2.05, 4.69) is 6.92 Å². The fourth-order valence-electron chi connectivity index (χ4n) is 5.41. The summed E-state index contributed by atoms with van der Waals surface area (Å²) in [4.78, 5) is 12.4. The van der Waals surface area contributed by atoms with E-state index < -0.39 is 28.4 Å². The van der Waals surface area contributed by atoms with Gasteiger partial charge in [-0.3, -0.25) is 4.79 Å². The van der Waals surface area contributed by atoms with E-state index in [1.54, 1.807) is 6.07 Å². The number of hydrogen-bond acceptors (Lipinski definition) is 1. The largest absolute Gasteiger partial charge is 0.481 e. The second kappa shape index (κ2) is 5.82. The fraction of sp³-hybridized carbons (Fsp3) is 0.650. The maximum atomic E-state index is 13.8. The Balaban J connectivity index is 2.07. The molecular weight excluding hydrogens is 310 g/mol. The number of carboxylic acid groups (broad SMARTS) is 1. The van der Waals surface area contributed by atoms with E-state index in [9.17, 15) is 18.7 Å². The molecule has 4 atom stereocenters. The Kier molecular flexibility index (Phi) is 4.21. The molecule has 0 radical (unpaired) electrons. The summed E-state index contributed by atoms with van der Waals surface area (Å²) in [6, 6.07) is 3.92. The molecule has 2 aliphatic carbocycles. The van der Waals surface area contributed by atoms with Gasteiger partial charge >= 0.3 is 5.97 Å². The second-order valence-electron chi connectivity index (χ2n) is 8.18. The van der Waals surface area contributed by atoms with Crippen LogP contribution in [-0.4, -0.2) is 11.1 Å². The molecule has 2 nitrogen and oxygen atoms in total. The van der Waals surface area contributed by atoms with Crippen molar-refractivity contribution in [2.24, 2.45) is 23.2 Å². The third-order valence-electron chi connectivity index (χ3n) is 6.66. The van der Waals surface area contributed by atoms with Crippen molar-refractivity contribution in [3.63, 3.8) is 0 Å². The molecule has 1 N–H and O–H groups in total. The molecule has 24 heavy (non-hydrogen) atoms. The highest BCUT2D eigenvalue weighted by Gasteiger charge is 2.76. The molecule has 2 aliphatic rings. The van der Waals surface area contributed by atoms with Crippen LogP contribution in [0.3, 0.4) is 0 Å². The maximum absolute atomic E-state index is 13.8. The van der Waals surface area contributed by atoms with Crippen LogP contribution in [0.25, 0.3) is 0 Å². The molecule has 0 aliphatic heterocycles. The smallest absolute Gasteiger partial charge is 0.310 e. The third kappa shape index (κ3) is 2.29. The predicted molar refractivity (Wildman–Crippen MR) is 88.7 cm³/mol. The zero-order valence-corrected chi connectivity index (χ0v) is 14.6. The molecule has 0 saturated heterocycles. The number of rotatable bonds is 4. The molecule has 132 valence electrons. The SMILES string of the molecule is CC1CCCC([C@]2(C(=O)O)C[C@@]2(c2ccc(F)c(F)c2)C(C)C)C1. The van der Waals surface area contributed by atoms with Gasteiger partial charge in [0.2, 0.25) is 0 Å². The zero-order chi connectivity index (χ0) is 17.7. The van der Waals surface area contributed by atoms with Crippen molar-refractivity contribution in [3.8, 4) is 0 Å². The lowest BCUT2D eigenvalue weighted by molar-refractivity contribution is -0.148. The first-order valence-corrected chi connectivity index (χ1v) is 8.94. The highest BCUT2D eigenvalue weighted by atomic mass is 19.2. The van der Waals surface area contributed by atoms with Crippen LogP contribution < -0.4 is 0 Å². The number of carboxylic acids is 1. The summed E-state index contributed by atoms with van der Waals surface area (Å²) in [6.07, 6.45) is 4.54. The zero-order valence-electron chi connectivity index (χ0n) is 14.6. The average Bonchev–Trinajstić information content (AvgIpc) is 3.23. The molecule has 0 aromatic heterocycles. The van der Waals surface area contributed by atoms with E-state index in [1.807, 2.05) is 13.8 Å². The molecule has 2 saturated carbocycles. The van der Waals surface area contributed by atoms with Gasteiger partial charge in [-0.05, 0) is 54.7 Å². The van der Waals surface area contributed by atoms with Crippen LogP contribution in [0.15, 0.2) is 18.2 Å². The molecule has 0 amide bonds. The lowest BCUT2D eigenvalue weighted by Crippen LogP contribution is -2.38. The quantitative estimate of drug-likeness (QED) is 0.824. The summed E-state index contributed by atoms with van der Waals surface area (Å²) in [5, 5.41) is 10.1. The third-order valence-corrected chi connectivity index (χ3v) is 6.66. The van der Waals surface area contributed by atoms with Crippen molar-refractivity contribution in [2.45, 2.75) is 58.3 Å². The van der Waals surface area contributed by atoms with E-state index in [0.717, 1.165) is 31.7 Å². The normalized spacial score (nSPS) is 35.9. The number of benzene rings is 1. The minimum Gasteiger partial charge on any atom is -0.481 e. The minimum absolute atomic E-state index is 0.0516. The summed E-state index contributed by atoms with van der Waals surface area (Å²) in [6.45, 7) is 6.18. The topological polar surface area (TPSA) is 37.3 Å². The fourth-order valence-corrected chi connectivity index (χ4v) is 5.41. The molecule has 0 heterocycles. The molecule has 0 bridgehead atoms. The molecule has 2 fully saturated rings. The van der Waals surface area contributed by atoms with Crippen molar-refractivity contribution < 1.29 is 18.7 Å². The van der Waals surface area contributed by atoms with Crippen LogP contribution in [0, 0.1) is 34.8 Å². The van der Waals surface area contributed by atoms with Crippen LogP contribution in [0.4, 0.5) is 8.78 Å². The van der Waals surface area contributed by atoms with E-state index >= 15 is 0 Å². The van der Waals surface area contributed by atoms with Crippen LogP contribution in [0.1, 0.15) is 58.4 Å². The Morgan fingerprint density at radius 1 is 1.25 bits per heavy atom. The van der Waals surface area contributed by atoms with E-state index in [-0.39, 0.29) is 11.8 Å². The lowest BCUT2D eigenvalue weighted by atomic mass is 9.66. The van der Waals surface area contributed by atoms with Gasteiger partial charge < -0.3 is 5.11 Å². The number of carbonyl (C=O) groups is 1. The van der Waals surface area contributed by atoms with Gasteiger partial charge in [-0.25, -0.2) is 8.78 Å². The Bertz CT molecular complexity index is 657. The van der Waals surface area contributed by atoms with Gasteiger partial charge in [0.05, 0.1) is 5.41 Å². The van der Waals surface area contributed by atoms with Gasteiger partial charge in [-0.15, -0.1) is 0 Å². The van der Waals surface area contributed by atoms with Gasteiger partial charge in [-0.1, -0.05) is 39.7 Å². The van der Waals surface area contributed by atoms with Gasteiger partial charge in [-0.2, -0.15) is 0 Å². The van der Waals surface area contributed by atoms with Crippen molar-refractivity contribution >= 4 is 5.97 Å². The molecule has 0 spiro atoms. The minimum atomic E-state index is -0.893. The van der Waals surface area contributed by atoms with Gasteiger partial charge in [0, 0.05) is 5.41 Å². The van der Waals surface area contributed by atoms with Crippen molar-refractivity contribution in [1.82, 2.24) is 0 Å². The monoisotopic (exact) mass is 336 g/mol. The summed E-state index contributed by atoms with van der Waals surface area (Å²) >= 11 is 0. The van der Waals surface area contributed by atoms with Gasteiger partial charge in [0.25, 0.3) is 0 Å².